The van der Waals surface area contributed by atoms with Gasteiger partial charge in [0.25, 0.3) is 0 Å². The van der Waals surface area contributed by atoms with Gasteiger partial charge in [-0.3, -0.25) is 4.79 Å². The fourth-order valence-electron chi connectivity index (χ4n) is 1.38. The van der Waals surface area contributed by atoms with Crippen LogP contribution in [0.2, 0.25) is 0 Å². The summed E-state index contributed by atoms with van der Waals surface area (Å²) in [6.07, 6.45) is 3.00. The first kappa shape index (κ1) is 10.1. The Hall–Kier alpha value is -1.39. The topological polar surface area (TPSA) is 56.2 Å². The van der Waals surface area contributed by atoms with Crippen molar-refractivity contribution >= 4 is 17.1 Å². The number of carbonyl (C=O) groups is 1. The lowest BCUT2D eigenvalue weighted by molar-refractivity contribution is 0.0961. The third kappa shape index (κ3) is 1.86. The Morgan fingerprint density at radius 3 is 2.87 bits per heavy atom. The molecule has 2 aromatic rings. The predicted molar refractivity (Wildman–Crippen MR) is 59.0 cm³/mol. The first-order valence-electron chi connectivity index (χ1n) is 4.56. The van der Waals surface area contributed by atoms with Crippen molar-refractivity contribution in [2.75, 3.05) is 0 Å². The Labute approximate surface area is 91.5 Å². The molecule has 0 spiro atoms. The summed E-state index contributed by atoms with van der Waals surface area (Å²) in [5.41, 5.74) is 7.25. The van der Waals surface area contributed by atoms with E-state index in [2.05, 4.69) is 0 Å². The van der Waals surface area contributed by atoms with Crippen LogP contribution >= 0.6 is 11.3 Å². The van der Waals surface area contributed by atoms with Crippen LogP contribution in [0.5, 0.6) is 0 Å². The smallest absolute Gasteiger partial charge is 0.188 e. The summed E-state index contributed by atoms with van der Waals surface area (Å²) in [6, 6.07) is 3.17. The standard InChI is InChI=1S/C11H11NO2S/c1-7-5-14-6-8(7)11(13)10(12)9-3-2-4-15-9/h2-6,10H,12H2,1H3. The van der Waals surface area contributed by atoms with Crippen molar-refractivity contribution in [1.82, 2.24) is 0 Å². The van der Waals surface area contributed by atoms with Crippen LogP contribution in [0, 0.1) is 6.92 Å². The van der Waals surface area contributed by atoms with Gasteiger partial charge in [0, 0.05) is 4.88 Å². The number of rotatable bonds is 3. The summed E-state index contributed by atoms with van der Waals surface area (Å²) in [5, 5.41) is 1.91. The van der Waals surface area contributed by atoms with Gasteiger partial charge < -0.3 is 10.2 Å². The van der Waals surface area contributed by atoms with Gasteiger partial charge in [-0.05, 0) is 23.9 Å². The number of aryl methyl sites for hydroxylation is 1. The lowest BCUT2D eigenvalue weighted by Gasteiger charge is -2.06. The molecule has 0 saturated heterocycles. The summed E-state index contributed by atoms with van der Waals surface area (Å²) in [4.78, 5) is 12.8. The Kier molecular flexibility index (Phi) is 2.70. The lowest BCUT2D eigenvalue weighted by atomic mass is 10.0. The van der Waals surface area contributed by atoms with Crippen molar-refractivity contribution in [3.8, 4) is 0 Å². The molecule has 0 aromatic carbocycles. The van der Waals surface area contributed by atoms with Crippen LogP contribution in [0.25, 0.3) is 0 Å². The molecule has 0 saturated carbocycles. The molecule has 0 aliphatic carbocycles. The second kappa shape index (κ2) is 4.00. The Balaban J connectivity index is 2.26. The lowest BCUT2D eigenvalue weighted by Crippen LogP contribution is -2.20. The third-order valence-corrected chi connectivity index (χ3v) is 3.21. The molecule has 1 unspecified atom stereocenters. The molecule has 0 bridgehead atoms. The summed E-state index contributed by atoms with van der Waals surface area (Å²) < 4.78 is 4.96. The molecule has 0 radical (unpaired) electrons. The molecule has 2 N–H and O–H groups in total. The van der Waals surface area contributed by atoms with Crippen LogP contribution < -0.4 is 5.73 Å². The van der Waals surface area contributed by atoms with Crippen molar-refractivity contribution in [1.29, 1.82) is 0 Å². The second-order valence-electron chi connectivity index (χ2n) is 3.33. The highest BCUT2D eigenvalue weighted by Crippen LogP contribution is 2.22. The molecule has 0 aliphatic rings. The summed E-state index contributed by atoms with van der Waals surface area (Å²) in [5.74, 6) is -0.0938. The monoisotopic (exact) mass is 221 g/mol. The Bertz CT molecular complexity index is 459. The zero-order valence-electron chi connectivity index (χ0n) is 8.27. The highest BCUT2D eigenvalue weighted by Gasteiger charge is 2.21. The first-order valence-corrected chi connectivity index (χ1v) is 5.44. The molecular weight excluding hydrogens is 210 g/mol. The molecular formula is C11H11NO2S. The van der Waals surface area contributed by atoms with Crippen LogP contribution in [-0.4, -0.2) is 5.78 Å². The van der Waals surface area contributed by atoms with Crippen LogP contribution in [0.1, 0.15) is 26.8 Å². The van der Waals surface area contributed by atoms with E-state index in [1.807, 2.05) is 24.4 Å². The average Bonchev–Trinajstić information content (AvgIpc) is 2.85. The second-order valence-corrected chi connectivity index (χ2v) is 4.31. The van der Waals surface area contributed by atoms with Crippen LogP contribution in [0.15, 0.2) is 34.5 Å². The van der Waals surface area contributed by atoms with E-state index in [1.165, 1.54) is 17.6 Å². The largest absolute Gasteiger partial charge is 0.472 e. The minimum absolute atomic E-state index is 0.0938. The molecule has 1 atom stereocenters. The van der Waals surface area contributed by atoms with E-state index in [9.17, 15) is 4.79 Å². The third-order valence-electron chi connectivity index (χ3n) is 2.25. The number of thiophene rings is 1. The van der Waals surface area contributed by atoms with Gasteiger partial charge in [-0.2, -0.15) is 0 Å². The maximum atomic E-state index is 11.9. The van der Waals surface area contributed by atoms with Crippen molar-refractivity contribution < 1.29 is 9.21 Å². The Morgan fingerprint density at radius 1 is 1.53 bits per heavy atom. The number of furan rings is 1. The van der Waals surface area contributed by atoms with Crippen LogP contribution in [0.3, 0.4) is 0 Å². The van der Waals surface area contributed by atoms with E-state index in [4.69, 9.17) is 10.2 Å². The fourth-order valence-corrected chi connectivity index (χ4v) is 2.10. The number of hydrogen-bond donors (Lipinski definition) is 1. The number of Topliss-reactive ketones (excluding diaryl/α,β-unsaturated/α-hetero) is 1. The maximum absolute atomic E-state index is 11.9. The van der Waals surface area contributed by atoms with Gasteiger partial charge in [0.15, 0.2) is 5.78 Å². The molecule has 15 heavy (non-hydrogen) atoms. The van der Waals surface area contributed by atoms with E-state index < -0.39 is 6.04 Å². The highest BCUT2D eigenvalue weighted by molar-refractivity contribution is 7.10. The van der Waals surface area contributed by atoms with Crippen LogP contribution in [-0.2, 0) is 0 Å². The normalized spacial score (nSPS) is 12.7. The van der Waals surface area contributed by atoms with E-state index in [-0.39, 0.29) is 5.78 Å². The van der Waals surface area contributed by atoms with Crippen molar-refractivity contribution in [2.45, 2.75) is 13.0 Å². The minimum Gasteiger partial charge on any atom is -0.472 e. The van der Waals surface area contributed by atoms with Crippen molar-refractivity contribution in [2.24, 2.45) is 5.73 Å². The molecule has 0 amide bonds. The molecule has 78 valence electrons. The van der Waals surface area contributed by atoms with Gasteiger partial charge in [0.05, 0.1) is 11.8 Å². The quantitative estimate of drug-likeness (QED) is 0.810. The molecule has 3 nitrogen and oxygen atoms in total. The van der Waals surface area contributed by atoms with E-state index in [0.717, 1.165) is 10.4 Å². The number of nitrogens with two attached hydrogens (primary N) is 1. The minimum atomic E-state index is -0.582. The SMILES string of the molecule is Cc1cocc1C(=O)C(N)c1cccs1. The average molecular weight is 221 g/mol. The van der Waals surface area contributed by atoms with Gasteiger partial charge in [-0.25, -0.2) is 0 Å². The highest BCUT2D eigenvalue weighted by atomic mass is 32.1. The van der Waals surface area contributed by atoms with Crippen molar-refractivity contribution in [3.05, 3.63) is 46.0 Å². The number of carbonyl (C=O) groups excluding carboxylic acids is 1. The molecule has 0 aliphatic heterocycles. The van der Waals surface area contributed by atoms with Gasteiger partial charge in [0.1, 0.15) is 12.3 Å². The number of hydrogen-bond acceptors (Lipinski definition) is 4. The van der Waals surface area contributed by atoms with E-state index >= 15 is 0 Å². The van der Waals surface area contributed by atoms with Crippen molar-refractivity contribution in [3.63, 3.8) is 0 Å². The molecule has 2 aromatic heterocycles. The predicted octanol–water partition coefficient (Wildman–Crippen LogP) is 2.53. The van der Waals surface area contributed by atoms with E-state index in [1.54, 1.807) is 6.26 Å². The summed E-state index contributed by atoms with van der Waals surface area (Å²) in [7, 11) is 0. The zero-order chi connectivity index (χ0) is 10.8. The van der Waals surface area contributed by atoms with Crippen LogP contribution in [0.4, 0.5) is 0 Å². The fraction of sp³-hybridized carbons (Fsp3) is 0.182. The Morgan fingerprint density at radius 2 is 2.33 bits per heavy atom. The van der Waals surface area contributed by atoms with E-state index in [0.29, 0.717) is 5.56 Å². The van der Waals surface area contributed by atoms with Gasteiger partial charge >= 0.3 is 0 Å². The maximum Gasteiger partial charge on any atom is 0.188 e. The van der Waals surface area contributed by atoms with Gasteiger partial charge in [-0.15, -0.1) is 11.3 Å². The zero-order valence-corrected chi connectivity index (χ0v) is 9.08. The molecule has 2 rings (SSSR count). The summed E-state index contributed by atoms with van der Waals surface area (Å²) in [6.45, 7) is 1.83. The first-order chi connectivity index (χ1) is 7.20. The molecule has 4 heteroatoms. The van der Waals surface area contributed by atoms with Gasteiger partial charge in [0.2, 0.25) is 0 Å². The summed E-state index contributed by atoms with van der Waals surface area (Å²) >= 11 is 1.49. The molecule has 0 fully saturated rings. The number of ketones is 1. The van der Waals surface area contributed by atoms with Gasteiger partial charge in [-0.1, -0.05) is 6.07 Å². The molecule has 2 heterocycles.